The highest BCUT2D eigenvalue weighted by atomic mass is 35.5. The molecule has 3 nitrogen and oxygen atoms in total. The minimum atomic E-state index is 0. The Bertz CT molecular complexity index is 295. The molecule has 0 unspecified atom stereocenters. The van der Waals surface area contributed by atoms with Gasteiger partial charge in [-0.15, -0.1) is 12.4 Å². The molecular weight excluding hydrogens is 200 g/mol. The van der Waals surface area contributed by atoms with Gasteiger partial charge in [0.05, 0.1) is 5.71 Å². The van der Waals surface area contributed by atoms with Crippen molar-refractivity contribution < 1.29 is 4.84 Å². The average Bonchev–Trinajstić information content (AvgIpc) is 2.15. The summed E-state index contributed by atoms with van der Waals surface area (Å²) in [5, 5.41) is 3.92. The zero-order chi connectivity index (χ0) is 9.68. The molecule has 0 aliphatic heterocycles. The van der Waals surface area contributed by atoms with Crippen molar-refractivity contribution in [1.29, 1.82) is 0 Å². The van der Waals surface area contributed by atoms with Crippen LogP contribution in [0.3, 0.4) is 0 Å². The molecule has 4 heteroatoms. The van der Waals surface area contributed by atoms with Crippen LogP contribution in [0.1, 0.15) is 25.1 Å². The summed E-state index contributed by atoms with van der Waals surface area (Å²) < 4.78 is 0. The first-order chi connectivity index (χ1) is 6.24. The lowest BCUT2D eigenvalue weighted by Gasteiger charge is -2.00. The number of aryl methyl sites for hydroxylation is 1. The van der Waals surface area contributed by atoms with Gasteiger partial charge in [0, 0.05) is 17.5 Å². The zero-order valence-corrected chi connectivity index (χ0v) is 9.47. The fraction of sp³-hybridized carbons (Fsp3) is 0.400. The van der Waals surface area contributed by atoms with Crippen molar-refractivity contribution in [1.82, 2.24) is 4.98 Å². The lowest BCUT2D eigenvalue weighted by molar-refractivity contribution is 0.159. The quantitative estimate of drug-likeness (QED) is 0.573. The zero-order valence-electron chi connectivity index (χ0n) is 8.65. The summed E-state index contributed by atoms with van der Waals surface area (Å²) >= 11 is 0. The molecule has 0 spiro atoms. The molecule has 0 fully saturated rings. The Labute approximate surface area is 90.6 Å². The van der Waals surface area contributed by atoms with Crippen LogP contribution in [-0.2, 0) is 4.84 Å². The molecule has 0 bridgehead atoms. The van der Waals surface area contributed by atoms with Gasteiger partial charge in [-0.05, 0) is 32.9 Å². The Morgan fingerprint density at radius 3 is 2.71 bits per heavy atom. The third-order valence-corrected chi connectivity index (χ3v) is 1.66. The Morgan fingerprint density at radius 2 is 2.21 bits per heavy atom. The first-order valence-corrected chi connectivity index (χ1v) is 4.33. The van der Waals surface area contributed by atoms with E-state index in [0.717, 1.165) is 17.0 Å². The van der Waals surface area contributed by atoms with Gasteiger partial charge in [-0.2, -0.15) is 0 Å². The molecule has 0 amide bonds. The molecule has 0 aliphatic rings. The molecule has 0 N–H and O–H groups in total. The van der Waals surface area contributed by atoms with E-state index in [1.807, 2.05) is 32.9 Å². The Hall–Kier alpha value is -1.09. The molecule has 0 aromatic carbocycles. The highest BCUT2D eigenvalue weighted by Crippen LogP contribution is 2.01. The third-order valence-electron chi connectivity index (χ3n) is 1.66. The molecule has 0 saturated heterocycles. The van der Waals surface area contributed by atoms with Crippen molar-refractivity contribution in [2.45, 2.75) is 20.8 Å². The molecule has 14 heavy (non-hydrogen) atoms. The maximum Gasteiger partial charge on any atom is 0.114 e. The van der Waals surface area contributed by atoms with Crippen molar-refractivity contribution in [3.05, 3.63) is 29.6 Å². The number of nitrogens with zero attached hydrogens (tertiary/aromatic N) is 2. The van der Waals surface area contributed by atoms with Crippen LogP contribution in [0, 0.1) is 6.92 Å². The second kappa shape index (κ2) is 6.38. The van der Waals surface area contributed by atoms with Crippen LogP contribution < -0.4 is 0 Å². The van der Waals surface area contributed by atoms with Crippen LogP contribution in [-0.4, -0.2) is 17.3 Å². The number of pyridine rings is 1. The van der Waals surface area contributed by atoms with Gasteiger partial charge < -0.3 is 4.84 Å². The largest absolute Gasteiger partial charge is 0.396 e. The first kappa shape index (κ1) is 12.9. The van der Waals surface area contributed by atoms with E-state index >= 15 is 0 Å². The molecule has 0 aliphatic carbocycles. The molecule has 0 saturated carbocycles. The Kier molecular flexibility index (Phi) is 5.88. The lowest BCUT2D eigenvalue weighted by atomic mass is 10.2. The van der Waals surface area contributed by atoms with E-state index in [4.69, 9.17) is 4.84 Å². The highest BCUT2D eigenvalue weighted by molar-refractivity contribution is 5.97. The predicted molar refractivity (Wildman–Crippen MR) is 60.1 cm³/mol. The summed E-state index contributed by atoms with van der Waals surface area (Å²) in [6.45, 7) is 6.36. The maximum atomic E-state index is 4.94. The van der Waals surface area contributed by atoms with Gasteiger partial charge in [-0.1, -0.05) is 5.16 Å². The molecule has 0 radical (unpaired) electrons. The molecule has 1 heterocycles. The summed E-state index contributed by atoms with van der Waals surface area (Å²) in [7, 11) is 0. The van der Waals surface area contributed by atoms with Gasteiger partial charge in [-0.3, -0.25) is 4.98 Å². The summed E-state index contributed by atoms with van der Waals surface area (Å²) in [5.74, 6) is 0. The van der Waals surface area contributed by atoms with Crippen LogP contribution in [0.5, 0.6) is 0 Å². The van der Waals surface area contributed by atoms with Crippen LogP contribution in [0.2, 0.25) is 0 Å². The lowest BCUT2D eigenvalue weighted by Crippen LogP contribution is -1.97. The van der Waals surface area contributed by atoms with Gasteiger partial charge in [0.25, 0.3) is 0 Å². The van der Waals surface area contributed by atoms with Crippen LogP contribution in [0.4, 0.5) is 0 Å². The van der Waals surface area contributed by atoms with Gasteiger partial charge in [-0.25, -0.2) is 0 Å². The number of hydrogen-bond acceptors (Lipinski definition) is 3. The monoisotopic (exact) mass is 214 g/mol. The van der Waals surface area contributed by atoms with Crippen LogP contribution in [0.15, 0.2) is 23.5 Å². The number of aromatic nitrogens is 1. The van der Waals surface area contributed by atoms with Crippen molar-refractivity contribution in [3.8, 4) is 0 Å². The predicted octanol–water partition coefficient (Wildman–Crippen LogP) is 2.57. The molecule has 78 valence electrons. The maximum absolute atomic E-state index is 4.94. The van der Waals surface area contributed by atoms with Gasteiger partial charge in [0.2, 0.25) is 0 Å². The number of hydrogen-bond donors (Lipinski definition) is 0. The highest BCUT2D eigenvalue weighted by Gasteiger charge is 1.97. The van der Waals surface area contributed by atoms with E-state index < -0.39 is 0 Å². The van der Waals surface area contributed by atoms with Crippen molar-refractivity contribution >= 4 is 18.1 Å². The second-order valence-corrected chi connectivity index (χ2v) is 2.78. The Balaban J connectivity index is 0.00000169. The number of oxime groups is 1. The van der Waals surface area contributed by atoms with Crippen molar-refractivity contribution in [3.63, 3.8) is 0 Å². The van der Waals surface area contributed by atoms with E-state index in [9.17, 15) is 0 Å². The van der Waals surface area contributed by atoms with Crippen LogP contribution >= 0.6 is 12.4 Å². The number of rotatable bonds is 3. The fourth-order valence-corrected chi connectivity index (χ4v) is 0.896. The average molecular weight is 215 g/mol. The van der Waals surface area contributed by atoms with Crippen LogP contribution in [0.25, 0.3) is 0 Å². The minimum Gasteiger partial charge on any atom is -0.396 e. The third kappa shape index (κ3) is 3.75. The normalized spacial score (nSPS) is 10.6. The number of halogens is 1. The molecular formula is C10H15ClN2O. The van der Waals surface area contributed by atoms with E-state index in [1.54, 1.807) is 6.20 Å². The summed E-state index contributed by atoms with van der Waals surface area (Å²) in [4.78, 5) is 9.11. The SMILES string of the molecule is CCON=C(C)c1ccc(C)nc1.Cl. The smallest absolute Gasteiger partial charge is 0.114 e. The molecule has 0 atom stereocenters. The summed E-state index contributed by atoms with van der Waals surface area (Å²) in [5.41, 5.74) is 2.86. The van der Waals surface area contributed by atoms with E-state index in [-0.39, 0.29) is 12.4 Å². The van der Waals surface area contributed by atoms with Gasteiger partial charge >= 0.3 is 0 Å². The van der Waals surface area contributed by atoms with Gasteiger partial charge in [0.1, 0.15) is 6.61 Å². The Morgan fingerprint density at radius 1 is 1.50 bits per heavy atom. The summed E-state index contributed by atoms with van der Waals surface area (Å²) in [6, 6.07) is 3.94. The van der Waals surface area contributed by atoms with E-state index in [2.05, 4.69) is 10.1 Å². The molecule has 1 aromatic heterocycles. The molecule has 1 rings (SSSR count). The minimum absolute atomic E-state index is 0. The molecule has 1 aromatic rings. The van der Waals surface area contributed by atoms with Gasteiger partial charge in [0.15, 0.2) is 0 Å². The second-order valence-electron chi connectivity index (χ2n) is 2.78. The summed E-state index contributed by atoms with van der Waals surface area (Å²) in [6.07, 6.45) is 1.80. The van der Waals surface area contributed by atoms with E-state index in [1.165, 1.54) is 0 Å². The fourth-order valence-electron chi connectivity index (χ4n) is 0.896. The first-order valence-electron chi connectivity index (χ1n) is 4.33. The van der Waals surface area contributed by atoms with Crippen molar-refractivity contribution in [2.24, 2.45) is 5.16 Å². The van der Waals surface area contributed by atoms with E-state index in [0.29, 0.717) is 6.61 Å². The van der Waals surface area contributed by atoms with Crippen molar-refractivity contribution in [2.75, 3.05) is 6.61 Å². The standard InChI is InChI=1S/C10H14N2O.ClH/c1-4-13-12-9(3)10-6-5-8(2)11-7-10;/h5-7H,4H2,1-3H3;1H. The topological polar surface area (TPSA) is 34.5 Å².